The molecule has 1 aromatic carbocycles. The molecule has 1 fully saturated rings. The monoisotopic (exact) mass is 351 g/mol. The largest absolute Gasteiger partial charge is 0.385 e. The molecule has 24 heavy (non-hydrogen) atoms. The fourth-order valence-corrected chi connectivity index (χ4v) is 3.98. The minimum absolute atomic E-state index is 0.0508. The third-order valence-electron chi connectivity index (χ3n) is 4.32. The third kappa shape index (κ3) is 3.84. The lowest BCUT2D eigenvalue weighted by molar-refractivity contribution is -0.125. The zero-order valence-electron chi connectivity index (χ0n) is 13.8. The lowest BCUT2D eigenvalue weighted by Gasteiger charge is -2.31. The average molecular weight is 351 g/mol. The Bertz CT molecular complexity index is 698. The van der Waals surface area contributed by atoms with Gasteiger partial charge in [-0.05, 0) is 31.4 Å². The van der Waals surface area contributed by atoms with Crippen LogP contribution in [0.15, 0.2) is 18.2 Å². The van der Waals surface area contributed by atoms with Crippen LogP contribution in [0.2, 0.25) is 0 Å². The Kier molecular flexibility index (Phi) is 5.63. The number of carbonyl (C=O) groups is 1. The van der Waals surface area contributed by atoms with Crippen LogP contribution in [0.3, 0.4) is 0 Å². The summed E-state index contributed by atoms with van der Waals surface area (Å²) < 4.78 is 19.6. The molecular weight excluding hydrogens is 329 g/mol. The minimum atomic E-state index is -0.277. The van der Waals surface area contributed by atoms with Crippen LogP contribution in [-0.4, -0.2) is 44.2 Å². The lowest BCUT2D eigenvalue weighted by Crippen LogP contribution is -2.40. The van der Waals surface area contributed by atoms with E-state index in [4.69, 9.17) is 4.74 Å². The van der Waals surface area contributed by atoms with Gasteiger partial charge < -0.3 is 15.0 Å². The van der Waals surface area contributed by atoms with Crippen LogP contribution in [0.5, 0.6) is 0 Å². The van der Waals surface area contributed by atoms with E-state index in [1.807, 2.05) is 6.07 Å². The Morgan fingerprint density at radius 2 is 2.25 bits per heavy atom. The summed E-state index contributed by atoms with van der Waals surface area (Å²) in [7, 11) is 1.66. The molecular formula is C17H22FN3O2S. The molecule has 0 saturated carbocycles. The molecule has 2 heterocycles. The van der Waals surface area contributed by atoms with Crippen molar-refractivity contribution < 1.29 is 13.9 Å². The summed E-state index contributed by atoms with van der Waals surface area (Å²) in [4.78, 5) is 18.7. The number of thiazole rings is 1. The van der Waals surface area contributed by atoms with E-state index in [1.54, 1.807) is 13.2 Å². The van der Waals surface area contributed by atoms with Crippen molar-refractivity contribution in [1.82, 2.24) is 10.3 Å². The van der Waals surface area contributed by atoms with Crippen LogP contribution >= 0.6 is 11.3 Å². The highest BCUT2D eigenvalue weighted by atomic mass is 32.1. The van der Waals surface area contributed by atoms with Gasteiger partial charge in [0.2, 0.25) is 5.91 Å². The van der Waals surface area contributed by atoms with Crippen molar-refractivity contribution in [3.63, 3.8) is 0 Å². The van der Waals surface area contributed by atoms with E-state index in [0.29, 0.717) is 18.7 Å². The highest BCUT2D eigenvalue weighted by Crippen LogP contribution is 2.32. The Hall–Kier alpha value is -1.73. The second-order valence-corrected chi connectivity index (χ2v) is 6.99. The SMILES string of the molecule is COCCCNC(=O)C1CCN(c2nc3c(F)cccc3s2)CC1. The normalized spacial score (nSPS) is 15.8. The summed E-state index contributed by atoms with van der Waals surface area (Å²) in [5.74, 6) is -0.101. The van der Waals surface area contributed by atoms with Gasteiger partial charge >= 0.3 is 0 Å². The molecule has 0 radical (unpaired) electrons. The van der Waals surface area contributed by atoms with Gasteiger partial charge in [-0.3, -0.25) is 4.79 Å². The number of para-hydroxylation sites is 1. The molecule has 7 heteroatoms. The van der Waals surface area contributed by atoms with E-state index in [2.05, 4.69) is 15.2 Å². The number of aromatic nitrogens is 1. The predicted molar refractivity (Wildman–Crippen MR) is 94.0 cm³/mol. The van der Waals surface area contributed by atoms with Crippen LogP contribution in [0.4, 0.5) is 9.52 Å². The Balaban J connectivity index is 1.54. The van der Waals surface area contributed by atoms with Gasteiger partial charge in [-0.25, -0.2) is 9.37 Å². The molecule has 1 aliphatic rings. The third-order valence-corrected chi connectivity index (χ3v) is 5.40. The molecule has 1 saturated heterocycles. The second-order valence-electron chi connectivity index (χ2n) is 5.98. The van der Waals surface area contributed by atoms with Gasteiger partial charge in [0, 0.05) is 39.3 Å². The maximum absolute atomic E-state index is 13.8. The van der Waals surface area contributed by atoms with E-state index in [9.17, 15) is 9.18 Å². The predicted octanol–water partition coefficient (Wildman–Crippen LogP) is 2.80. The molecule has 0 aliphatic carbocycles. The summed E-state index contributed by atoms with van der Waals surface area (Å²) >= 11 is 1.51. The van der Waals surface area contributed by atoms with E-state index >= 15 is 0 Å². The first kappa shape index (κ1) is 17.1. The summed E-state index contributed by atoms with van der Waals surface area (Å²) in [6, 6.07) is 5.03. The summed E-state index contributed by atoms with van der Waals surface area (Å²) in [5.41, 5.74) is 0.440. The number of piperidine rings is 1. The fraction of sp³-hybridized carbons (Fsp3) is 0.529. The number of nitrogens with zero attached hydrogens (tertiary/aromatic N) is 2. The number of hydrogen-bond donors (Lipinski definition) is 1. The van der Waals surface area contributed by atoms with Gasteiger partial charge in [0.15, 0.2) is 5.13 Å². The number of halogens is 1. The highest BCUT2D eigenvalue weighted by Gasteiger charge is 2.26. The quantitative estimate of drug-likeness (QED) is 0.813. The first-order valence-electron chi connectivity index (χ1n) is 8.25. The number of nitrogens with one attached hydrogen (secondary N) is 1. The van der Waals surface area contributed by atoms with Crippen LogP contribution in [0.25, 0.3) is 10.2 Å². The van der Waals surface area contributed by atoms with Gasteiger partial charge in [-0.2, -0.15) is 0 Å². The lowest BCUT2D eigenvalue weighted by atomic mass is 9.96. The molecule has 0 unspecified atom stereocenters. The standard InChI is InChI=1S/C17H22FN3O2S/c1-23-11-3-8-19-16(22)12-6-9-21(10-7-12)17-20-15-13(18)4-2-5-14(15)24-17/h2,4-5,12H,3,6-11H2,1H3,(H,19,22). The van der Waals surface area contributed by atoms with Crippen molar-refractivity contribution in [3.8, 4) is 0 Å². The van der Waals surface area contributed by atoms with Crippen LogP contribution in [0, 0.1) is 11.7 Å². The molecule has 0 spiro atoms. The smallest absolute Gasteiger partial charge is 0.223 e. The molecule has 2 aromatic rings. The van der Waals surface area contributed by atoms with Crippen LogP contribution < -0.4 is 10.2 Å². The van der Waals surface area contributed by atoms with Gasteiger partial charge in [0.05, 0.1) is 4.70 Å². The summed E-state index contributed by atoms with van der Waals surface area (Å²) in [6.45, 7) is 2.87. The first-order chi connectivity index (χ1) is 11.7. The molecule has 3 rings (SSSR count). The van der Waals surface area contributed by atoms with E-state index in [0.717, 1.165) is 42.2 Å². The summed E-state index contributed by atoms with van der Waals surface area (Å²) in [5, 5.41) is 3.81. The van der Waals surface area contributed by atoms with Crippen molar-refractivity contribution >= 4 is 32.6 Å². The van der Waals surface area contributed by atoms with Crippen molar-refractivity contribution in [1.29, 1.82) is 0 Å². The summed E-state index contributed by atoms with van der Waals surface area (Å²) in [6.07, 6.45) is 2.43. The van der Waals surface area contributed by atoms with E-state index < -0.39 is 0 Å². The minimum Gasteiger partial charge on any atom is -0.385 e. The van der Waals surface area contributed by atoms with Crippen molar-refractivity contribution in [2.24, 2.45) is 5.92 Å². The van der Waals surface area contributed by atoms with Crippen molar-refractivity contribution in [2.45, 2.75) is 19.3 Å². The number of fused-ring (bicyclic) bond motifs is 1. The average Bonchev–Trinajstić information content (AvgIpc) is 3.04. The number of ether oxygens (including phenoxy) is 1. The van der Waals surface area contributed by atoms with E-state index in [-0.39, 0.29) is 17.6 Å². The van der Waals surface area contributed by atoms with Crippen molar-refractivity contribution in [2.75, 3.05) is 38.3 Å². The Morgan fingerprint density at radius 1 is 1.46 bits per heavy atom. The first-order valence-corrected chi connectivity index (χ1v) is 9.07. The number of benzene rings is 1. The molecule has 1 N–H and O–H groups in total. The molecule has 0 bridgehead atoms. The molecule has 130 valence electrons. The molecule has 1 aliphatic heterocycles. The number of methoxy groups -OCH3 is 1. The maximum atomic E-state index is 13.8. The topological polar surface area (TPSA) is 54.5 Å². The van der Waals surface area contributed by atoms with Gasteiger partial charge in [0.25, 0.3) is 0 Å². The number of rotatable bonds is 6. The van der Waals surface area contributed by atoms with E-state index in [1.165, 1.54) is 17.4 Å². The van der Waals surface area contributed by atoms with Crippen LogP contribution in [-0.2, 0) is 9.53 Å². The van der Waals surface area contributed by atoms with Gasteiger partial charge in [0.1, 0.15) is 11.3 Å². The second kappa shape index (κ2) is 7.90. The van der Waals surface area contributed by atoms with Crippen molar-refractivity contribution in [3.05, 3.63) is 24.0 Å². The Labute approximate surface area is 144 Å². The van der Waals surface area contributed by atoms with Gasteiger partial charge in [-0.1, -0.05) is 17.4 Å². The number of carbonyl (C=O) groups excluding carboxylic acids is 1. The number of amides is 1. The Morgan fingerprint density at radius 3 is 2.96 bits per heavy atom. The highest BCUT2D eigenvalue weighted by molar-refractivity contribution is 7.22. The number of anilines is 1. The molecule has 1 aromatic heterocycles. The molecule has 5 nitrogen and oxygen atoms in total. The number of hydrogen-bond acceptors (Lipinski definition) is 5. The molecule has 0 atom stereocenters. The molecule has 1 amide bonds. The zero-order valence-corrected chi connectivity index (χ0v) is 14.6. The van der Waals surface area contributed by atoms with Gasteiger partial charge in [-0.15, -0.1) is 0 Å². The maximum Gasteiger partial charge on any atom is 0.223 e. The zero-order chi connectivity index (χ0) is 16.9. The van der Waals surface area contributed by atoms with Crippen LogP contribution in [0.1, 0.15) is 19.3 Å². The fourth-order valence-electron chi connectivity index (χ4n) is 2.94.